The fraction of sp³-hybridized carbons (Fsp3) is 0.176. The van der Waals surface area contributed by atoms with Crippen molar-refractivity contribution in [3.05, 3.63) is 60.7 Å². The Bertz CT molecular complexity index is 705. The first-order valence-electron chi connectivity index (χ1n) is 6.74. The van der Waals surface area contributed by atoms with Gasteiger partial charge in [-0.3, -0.25) is 0 Å². The summed E-state index contributed by atoms with van der Waals surface area (Å²) in [5.41, 5.74) is 2.58. The standard InChI is InChI=1S/C17H19NSi/c1-19(2,3)17-13-14-9-7-8-12-16(14)18(17)15-10-5-4-6-11-15/h4-13H,1-3H3. The lowest BCUT2D eigenvalue weighted by Gasteiger charge is -2.20. The molecule has 1 heterocycles. The Morgan fingerprint density at radius 2 is 1.42 bits per heavy atom. The summed E-state index contributed by atoms with van der Waals surface area (Å²) >= 11 is 0. The van der Waals surface area contributed by atoms with Crippen LogP contribution in [0.25, 0.3) is 16.6 Å². The molecule has 0 N–H and O–H groups in total. The molecule has 96 valence electrons. The van der Waals surface area contributed by atoms with E-state index in [1.54, 1.807) is 0 Å². The van der Waals surface area contributed by atoms with Crippen molar-refractivity contribution >= 4 is 24.3 Å². The normalized spacial score (nSPS) is 11.9. The SMILES string of the molecule is C[Si](C)(C)c1cc2ccccc2n1-c1ccccc1. The number of nitrogens with zero attached hydrogens (tertiary/aromatic N) is 1. The van der Waals surface area contributed by atoms with Gasteiger partial charge < -0.3 is 4.57 Å². The second kappa shape index (κ2) is 4.39. The van der Waals surface area contributed by atoms with Crippen LogP contribution >= 0.6 is 0 Å². The van der Waals surface area contributed by atoms with Crippen LogP contribution < -0.4 is 5.32 Å². The number of fused-ring (bicyclic) bond motifs is 1. The van der Waals surface area contributed by atoms with E-state index in [0.717, 1.165) is 0 Å². The van der Waals surface area contributed by atoms with E-state index in [0.29, 0.717) is 0 Å². The predicted octanol–water partition coefficient (Wildman–Crippen LogP) is 4.18. The largest absolute Gasteiger partial charge is 0.318 e. The molecular weight excluding hydrogens is 246 g/mol. The molecule has 0 aliphatic carbocycles. The first kappa shape index (κ1) is 12.2. The topological polar surface area (TPSA) is 4.93 Å². The molecule has 0 unspecified atom stereocenters. The van der Waals surface area contributed by atoms with Crippen molar-refractivity contribution in [2.45, 2.75) is 19.6 Å². The average Bonchev–Trinajstić information content (AvgIpc) is 2.79. The molecular formula is C17H19NSi. The van der Waals surface area contributed by atoms with Gasteiger partial charge in [-0.25, -0.2) is 0 Å². The van der Waals surface area contributed by atoms with Gasteiger partial charge in [0.15, 0.2) is 0 Å². The molecule has 0 radical (unpaired) electrons. The van der Waals surface area contributed by atoms with Gasteiger partial charge in [-0.1, -0.05) is 56.0 Å². The van der Waals surface area contributed by atoms with Crippen LogP contribution in [0, 0.1) is 0 Å². The maximum absolute atomic E-state index is 2.43. The Morgan fingerprint density at radius 1 is 0.789 bits per heavy atom. The van der Waals surface area contributed by atoms with Gasteiger partial charge in [0, 0.05) is 11.0 Å². The van der Waals surface area contributed by atoms with Crippen molar-refractivity contribution in [1.29, 1.82) is 0 Å². The molecule has 0 spiro atoms. The van der Waals surface area contributed by atoms with Gasteiger partial charge in [0.1, 0.15) is 0 Å². The number of hydrogen-bond donors (Lipinski definition) is 0. The van der Waals surface area contributed by atoms with E-state index in [1.165, 1.54) is 21.9 Å². The van der Waals surface area contributed by atoms with Gasteiger partial charge in [0.2, 0.25) is 0 Å². The molecule has 0 aliphatic heterocycles. The summed E-state index contributed by atoms with van der Waals surface area (Å²) in [5.74, 6) is 0. The van der Waals surface area contributed by atoms with Crippen molar-refractivity contribution in [2.24, 2.45) is 0 Å². The third kappa shape index (κ3) is 2.12. The maximum Gasteiger partial charge on any atom is 0.0990 e. The zero-order valence-electron chi connectivity index (χ0n) is 11.7. The summed E-state index contributed by atoms with van der Waals surface area (Å²) in [5, 5.41) is 2.82. The number of para-hydroxylation sites is 2. The van der Waals surface area contributed by atoms with E-state index in [9.17, 15) is 0 Å². The van der Waals surface area contributed by atoms with Crippen LogP contribution in [0.3, 0.4) is 0 Å². The van der Waals surface area contributed by atoms with Crippen molar-refractivity contribution in [3.8, 4) is 5.69 Å². The van der Waals surface area contributed by atoms with Crippen molar-refractivity contribution in [1.82, 2.24) is 4.57 Å². The lowest BCUT2D eigenvalue weighted by atomic mass is 10.2. The fourth-order valence-electron chi connectivity index (χ4n) is 2.56. The van der Waals surface area contributed by atoms with Gasteiger partial charge >= 0.3 is 0 Å². The summed E-state index contributed by atoms with van der Waals surface area (Å²) in [6, 6.07) is 21.7. The van der Waals surface area contributed by atoms with Gasteiger partial charge in [0.05, 0.1) is 13.6 Å². The van der Waals surface area contributed by atoms with Crippen molar-refractivity contribution in [3.63, 3.8) is 0 Å². The quantitative estimate of drug-likeness (QED) is 0.613. The Labute approximate surface area is 115 Å². The second-order valence-electron chi connectivity index (χ2n) is 6.01. The molecule has 0 fully saturated rings. The summed E-state index contributed by atoms with van der Waals surface area (Å²) in [6.45, 7) is 7.21. The summed E-state index contributed by atoms with van der Waals surface area (Å²) < 4.78 is 2.43. The van der Waals surface area contributed by atoms with Crippen LogP contribution in [0.5, 0.6) is 0 Å². The molecule has 1 nitrogen and oxygen atoms in total. The Morgan fingerprint density at radius 3 is 2.11 bits per heavy atom. The summed E-state index contributed by atoms with van der Waals surface area (Å²) in [7, 11) is -1.38. The molecule has 2 heteroatoms. The third-order valence-electron chi connectivity index (χ3n) is 3.49. The van der Waals surface area contributed by atoms with E-state index in [-0.39, 0.29) is 0 Å². The maximum atomic E-state index is 2.43. The smallest absolute Gasteiger partial charge is 0.0990 e. The molecule has 2 aromatic carbocycles. The Hall–Kier alpha value is -1.80. The third-order valence-corrected chi connectivity index (χ3v) is 5.40. The van der Waals surface area contributed by atoms with Gasteiger partial charge in [-0.05, 0) is 29.7 Å². The summed E-state index contributed by atoms with van der Waals surface area (Å²) in [4.78, 5) is 0. The average molecular weight is 265 g/mol. The minimum Gasteiger partial charge on any atom is -0.318 e. The molecule has 3 aromatic rings. The lowest BCUT2D eigenvalue weighted by Crippen LogP contribution is -2.42. The van der Waals surface area contributed by atoms with Crippen LogP contribution in [-0.2, 0) is 0 Å². The Balaban J connectivity index is 2.38. The van der Waals surface area contributed by atoms with Crippen molar-refractivity contribution < 1.29 is 0 Å². The molecule has 3 rings (SSSR count). The second-order valence-corrected chi connectivity index (χ2v) is 11.0. The van der Waals surface area contributed by atoms with Crippen LogP contribution in [0.4, 0.5) is 0 Å². The van der Waals surface area contributed by atoms with Gasteiger partial charge in [-0.15, -0.1) is 0 Å². The predicted molar refractivity (Wildman–Crippen MR) is 86.3 cm³/mol. The minimum absolute atomic E-state index is 1.26. The lowest BCUT2D eigenvalue weighted by molar-refractivity contribution is 1.16. The van der Waals surface area contributed by atoms with E-state index in [2.05, 4.69) is 84.9 Å². The highest BCUT2D eigenvalue weighted by Gasteiger charge is 2.23. The van der Waals surface area contributed by atoms with Crippen LogP contribution in [0.1, 0.15) is 0 Å². The molecule has 0 bridgehead atoms. The molecule has 0 saturated carbocycles. The van der Waals surface area contributed by atoms with E-state index < -0.39 is 8.07 Å². The number of benzene rings is 2. The zero-order valence-corrected chi connectivity index (χ0v) is 12.7. The molecule has 19 heavy (non-hydrogen) atoms. The van der Waals surface area contributed by atoms with Crippen LogP contribution in [0.15, 0.2) is 60.7 Å². The first-order chi connectivity index (χ1) is 9.07. The summed E-state index contributed by atoms with van der Waals surface area (Å²) in [6.07, 6.45) is 0. The highest BCUT2D eigenvalue weighted by Crippen LogP contribution is 2.21. The zero-order chi connectivity index (χ0) is 13.5. The van der Waals surface area contributed by atoms with E-state index >= 15 is 0 Å². The van der Waals surface area contributed by atoms with Crippen molar-refractivity contribution in [2.75, 3.05) is 0 Å². The van der Waals surface area contributed by atoms with Crippen LogP contribution in [-0.4, -0.2) is 12.6 Å². The van der Waals surface area contributed by atoms with E-state index in [1.807, 2.05) is 0 Å². The van der Waals surface area contributed by atoms with Gasteiger partial charge in [0.25, 0.3) is 0 Å². The number of hydrogen-bond acceptors (Lipinski definition) is 0. The highest BCUT2D eigenvalue weighted by molar-refractivity contribution is 6.88. The fourth-order valence-corrected chi connectivity index (χ4v) is 4.07. The molecule has 0 amide bonds. The van der Waals surface area contributed by atoms with Gasteiger partial charge in [-0.2, -0.15) is 0 Å². The highest BCUT2D eigenvalue weighted by atomic mass is 28.3. The number of aromatic nitrogens is 1. The Kier molecular flexibility index (Phi) is 2.83. The monoisotopic (exact) mass is 265 g/mol. The van der Waals surface area contributed by atoms with Crippen LogP contribution in [0.2, 0.25) is 19.6 Å². The minimum atomic E-state index is -1.38. The molecule has 1 aromatic heterocycles. The molecule has 0 atom stereocenters. The number of rotatable bonds is 2. The first-order valence-corrected chi connectivity index (χ1v) is 10.2. The van der Waals surface area contributed by atoms with E-state index in [4.69, 9.17) is 0 Å². The molecule has 0 saturated heterocycles. The molecule has 0 aliphatic rings.